The first kappa shape index (κ1) is 44.5. The molecule has 4 rings (SSSR count). The fourth-order valence-electron chi connectivity index (χ4n) is 6.24. The van der Waals surface area contributed by atoms with E-state index in [1.165, 1.54) is 49.4 Å². The van der Waals surface area contributed by atoms with E-state index in [1.807, 2.05) is 0 Å². The van der Waals surface area contributed by atoms with E-state index in [1.54, 1.807) is 18.2 Å². The first-order chi connectivity index (χ1) is 27.1. The molecule has 0 bridgehead atoms. The average molecular weight is 806 g/mol. The molecule has 7 N–H and O–H groups in total. The lowest BCUT2D eigenvalue weighted by Gasteiger charge is -2.39. The van der Waals surface area contributed by atoms with E-state index in [0.717, 1.165) is 44.8 Å². The zero-order chi connectivity index (χ0) is 41.8. The Bertz CT molecular complexity index is 1990. The van der Waals surface area contributed by atoms with Crippen molar-refractivity contribution in [1.82, 2.24) is 20.4 Å². The van der Waals surface area contributed by atoms with Crippen LogP contribution in [0.25, 0.3) is 0 Å². The molecule has 0 aromatic heterocycles. The lowest BCUT2D eigenvalue weighted by Crippen LogP contribution is -2.43. The zero-order valence-corrected chi connectivity index (χ0v) is 34.1. The van der Waals surface area contributed by atoms with Gasteiger partial charge in [0.1, 0.15) is 0 Å². The fraction of sp³-hybridized carbons (Fsp3) is 0.425. The van der Waals surface area contributed by atoms with E-state index < -0.39 is 39.1 Å². The molecule has 17 heteroatoms. The van der Waals surface area contributed by atoms with Crippen LogP contribution in [-0.2, 0) is 30.3 Å². The summed E-state index contributed by atoms with van der Waals surface area (Å²) in [4.78, 5) is 67.7. The van der Waals surface area contributed by atoms with Crippen molar-refractivity contribution in [1.29, 1.82) is 0 Å². The summed E-state index contributed by atoms with van der Waals surface area (Å²) >= 11 is 0. The Balaban J connectivity index is 1.55. The van der Waals surface area contributed by atoms with Crippen LogP contribution in [0.2, 0.25) is 0 Å². The number of carbonyl (C=O) groups excluding carboxylic acids is 5. The van der Waals surface area contributed by atoms with E-state index in [4.69, 9.17) is 5.14 Å². The number of azo groups is 1. The van der Waals surface area contributed by atoms with Crippen molar-refractivity contribution in [2.75, 3.05) is 63.0 Å². The van der Waals surface area contributed by atoms with Crippen LogP contribution in [0.1, 0.15) is 73.7 Å². The third-order valence-electron chi connectivity index (χ3n) is 9.77. The second-order valence-corrected chi connectivity index (χ2v) is 16.7. The number of anilines is 2. The lowest BCUT2D eigenvalue weighted by atomic mass is 10.1. The minimum atomic E-state index is -5.42. The molecule has 0 radical (unpaired) electrons. The van der Waals surface area contributed by atoms with Gasteiger partial charge in [0.05, 0.1) is 21.9 Å². The quantitative estimate of drug-likeness (QED) is 0.0510. The van der Waals surface area contributed by atoms with Crippen molar-refractivity contribution in [2.45, 2.75) is 69.7 Å². The molecule has 0 saturated carbocycles. The van der Waals surface area contributed by atoms with Gasteiger partial charge in [0.2, 0.25) is 11.9 Å². The van der Waals surface area contributed by atoms with Gasteiger partial charge in [-0.1, -0.05) is 43.3 Å². The Kier molecular flexibility index (Phi) is 15.5. The number of hydrogen-bond donors (Lipinski definition) is 6. The van der Waals surface area contributed by atoms with Gasteiger partial charge in [-0.15, -0.1) is 0 Å². The standard InChI is InChI=1S/C40H55N9O7S/c1-6-48(7-2)20-10-18-42-38(52)29-22-30(39(53)43-19-11-21-49(8-3)9-4)24-34(23-29)57(41,55,56)33-16-14-31(15-17-33)46-47-37(27(5)50)40(54)44-32-13-12-28-25-36(51)45-35(28)26-32/h12-17,22-24,26,37H,6-11,18-21,25H2,1-5H3,(H,42,52)(H,43,53)(H,44,54)(H,45,51)(H3,41,55,56). The highest BCUT2D eigenvalue weighted by molar-refractivity contribution is 8.13. The number of Topliss-reactive ketones (excluding diaryl/α,β-unsaturated/α-hetero) is 1. The van der Waals surface area contributed by atoms with E-state index in [-0.39, 0.29) is 38.9 Å². The van der Waals surface area contributed by atoms with Gasteiger partial charge in [-0.2, -0.15) is 14.4 Å². The molecule has 1 aliphatic rings. The number of amides is 4. The van der Waals surface area contributed by atoms with E-state index >= 15 is 0 Å². The molecule has 57 heavy (non-hydrogen) atoms. The SMILES string of the molecule is CCN(CC)CCCNC(=O)c1cc(C(=O)NCCCN(CC)CC)cc(S(N)(=O)(O)c2ccc(N=NC(C(C)=O)C(=O)Nc3ccc4c(c3)NC(=O)C4)cc2)c1. The number of benzene rings is 3. The van der Waals surface area contributed by atoms with Gasteiger partial charge in [-0.3, -0.25) is 28.5 Å². The molecule has 3 aromatic rings. The normalized spacial score (nSPS) is 13.8. The highest BCUT2D eigenvalue weighted by Gasteiger charge is 2.31. The third kappa shape index (κ3) is 11.9. The first-order valence-electron chi connectivity index (χ1n) is 19.2. The van der Waals surface area contributed by atoms with Gasteiger partial charge in [0.15, 0.2) is 5.78 Å². The number of rotatable bonds is 21. The Morgan fingerprint density at radius 2 is 1.37 bits per heavy atom. The highest BCUT2D eigenvalue weighted by atomic mass is 32.3. The minimum absolute atomic E-state index is 0.00871. The summed E-state index contributed by atoms with van der Waals surface area (Å²) in [7, 11) is -5.42. The summed E-state index contributed by atoms with van der Waals surface area (Å²) in [6.07, 6.45) is 1.60. The molecule has 1 atom stereocenters. The number of nitrogens with two attached hydrogens (primary N) is 1. The molecule has 1 unspecified atom stereocenters. The molecule has 16 nitrogen and oxygen atoms in total. The average Bonchev–Trinajstić information content (AvgIpc) is 3.56. The van der Waals surface area contributed by atoms with Gasteiger partial charge < -0.3 is 31.1 Å². The Hall–Kier alpha value is -5.20. The maximum Gasteiger partial charge on any atom is 0.258 e. The molecule has 308 valence electrons. The van der Waals surface area contributed by atoms with Crippen LogP contribution in [0.15, 0.2) is 80.7 Å². The maximum atomic E-state index is 14.4. The van der Waals surface area contributed by atoms with Crippen LogP contribution in [-0.4, -0.2) is 106 Å². The summed E-state index contributed by atoms with van der Waals surface area (Å²) < 4.78 is 26.2. The van der Waals surface area contributed by atoms with Crippen LogP contribution in [0.5, 0.6) is 0 Å². The molecular weight excluding hydrogens is 751 g/mol. The molecule has 0 aliphatic carbocycles. The smallest absolute Gasteiger partial charge is 0.258 e. The van der Waals surface area contributed by atoms with Gasteiger partial charge in [0.25, 0.3) is 17.7 Å². The molecule has 4 amide bonds. The van der Waals surface area contributed by atoms with Gasteiger partial charge >= 0.3 is 0 Å². The number of nitrogens with one attached hydrogen (secondary N) is 4. The monoisotopic (exact) mass is 805 g/mol. The lowest BCUT2D eigenvalue weighted by molar-refractivity contribution is -0.126. The second-order valence-electron chi connectivity index (χ2n) is 13.8. The molecule has 1 heterocycles. The molecule has 1 aliphatic heterocycles. The molecule has 0 fully saturated rings. The maximum absolute atomic E-state index is 14.4. The van der Waals surface area contributed by atoms with Crippen molar-refractivity contribution in [3.8, 4) is 0 Å². The van der Waals surface area contributed by atoms with Crippen LogP contribution in [0.3, 0.4) is 0 Å². The number of ketones is 1. The fourth-order valence-corrected chi connectivity index (χ4v) is 7.88. The van der Waals surface area contributed by atoms with E-state index in [2.05, 4.69) is 69.0 Å². The van der Waals surface area contributed by atoms with Crippen LogP contribution < -0.4 is 26.4 Å². The molecular formula is C40H55N9O7S. The van der Waals surface area contributed by atoms with Crippen molar-refractivity contribution in [2.24, 2.45) is 15.4 Å². The summed E-state index contributed by atoms with van der Waals surface area (Å²) in [6, 6.07) is 12.4. The number of hydrogen-bond acceptors (Lipinski definition) is 10. The third-order valence-corrected chi connectivity index (χ3v) is 12.1. The van der Waals surface area contributed by atoms with Crippen molar-refractivity contribution in [3.63, 3.8) is 0 Å². The minimum Gasteiger partial charge on any atom is -0.352 e. The topological polar surface area (TPSA) is 228 Å². The van der Waals surface area contributed by atoms with E-state index in [9.17, 15) is 32.7 Å². The van der Waals surface area contributed by atoms with Crippen molar-refractivity contribution in [3.05, 3.63) is 77.4 Å². The van der Waals surface area contributed by atoms with Crippen LogP contribution in [0, 0.1) is 0 Å². The summed E-state index contributed by atoms with van der Waals surface area (Å²) in [5.41, 5.74) is 1.83. The number of carbonyl (C=O) groups is 5. The van der Waals surface area contributed by atoms with Gasteiger partial charge in [0, 0.05) is 35.6 Å². The highest BCUT2D eigenvalue weighted by Crippen LogP contribution is 2.37. The molecule has 0 saturated heterocycles. The van der Waals surface area contributed by atoms with Crippen molar-refractivity contribution >= 4 is 56.0 Å². The summed E-state index contributed by atoms with van der Waals surface area (Å²) in [5, 5.41) is 25.3. The second kappa shape index (κ2) is 19.8. The summed E-state index contributed by atoms with van der Waals surface area (Å²) in [5.74, 6) is -2.55. The predicted molar refractivity (Wildman–Crippen MR) is 220 cm³/mol. The Morgan fingerprint density at radius 1 is 0.825 bits per heavy atom. The largest absolute Gasteiger partial charge is 0.352 e. The van der Waals surface area contributed by atoms with Crippen LogP contribution in [0.4, 0.5) is 17.1 Å². The Morgan fingerprint density at radius 3 is 1.88 bits per heavy atom. The van der Waals surface area contributed by atoms with Gasteiger partial charge in [-0.25, -0.2) is 5.14 Å². The molecule has 0 spiro atoms. The van der Waals surface area contributed by atoms with E-state index in [0.29, 0.717) is 37.3 Å². The van der Waals surface area contributed by atoms with Crippen LogP contribution >= 0.6 is 0 Å². The summed E-state index contributed by atoms with van der Waals surface area (Å²) in [6.45, 7) is 15.2. The van der Waals surface area contributed by atoms with Gasteiger partial charge in [-0.05, 0) is 119 Å². The number of fused-ring (bicyclic) bond motifs is 1. The molecule has 3 aromatic carbocycles. The Labute approximate surface area is 333 Å². The predicted octanol–water partition coefficient (Wildman–Crippen LogP) is 4.37. The zero-order valence-electron chi connectivity index (χ0n) is 33.3. The first-order valence-corrected chi connectivity index (χ1v) is 21.2. The van der Waals surface area contributed by atoms with Crippen molar-refractivity contribution < 1.29 is 32.7 Å². The number of nitrogens with zero attached hydrogens (tertiary/aromatic N) is 4.